The number of halogens is 2. The number of aromatic nitrogens is 1. The summed E-state index contributed by atoms with van der Waals surface area (Å²) in [5, 5.41) is 0.438. The SMILES string of the molecule is Cc1ccnc(Cl)c1C#CCCl. The fourth-order valence-electron chi connectivity index (χ4n) is 0.797. The van der Waals surface area contributed by atoms with Gasteiger partial charge in [0, 0.05) is 6.20 Å². The molecule has 0 spiro atoms. The molecule has 1 aromatic heterocycles. The van der Waals surface area contributed by atoms with E-state index in [1.54, 1.807) is 6.20 Å². The van der Waals surface area contributed by atoms with Gasteiger partial charge in [0.2, 0.25) is 0 Å². The van der Waals surface area contributed by atoms with Crippen molar-refractivity contribution in [2.45, 2.75) is 6.92 Å². The standard InChI is InChI=1S/C9H7Cl2N/c1-7-4-6-12-9(11)8(7)3-2-5-10/h4,6H,5H2,1H3. The van der Waals surface area contributed by atoms with Gasteiger partial charge >= 0.3 is 0 Å². The Morgan fingerprint density at radius 3 is 2.92 bits per heavy atom. The molecule has 12 heavy (non-hydrogen) atoms. The minimum absolute atomic E-state index is 0.310. The molecule has 0 fully saturated rings. The quantitative estimate of drug-likeness (QED) is 0.356. The molecule has 0 saturated carbocycles. The Balaban J connectivity index is 3.13. The first-order valence-corrected chi connectivity index (χ1v) is 4.33. The molecule has 0 aliphatic rings. The van der Waals surface area contributed by atoms with E-state index in [2.05, 4.69) is 16.8 Å². The van der Waals surface area contributed by atoms with Crippen molar-refractivity contribution in [2.24, 2.45) is 0 Å². The van der Waals surface area contributed by atoms with Crippen molar-refractivity contribution in [1.29, 1.82) is 0 Å². The number of nitrogens with zero attached hydrogens (tertiary/aromatic N) is 1. The Labute approximate surface area is 81.7 Å². The Kier molecular flexibility index (Phi) is 3.40. The maximum atomic E-state index is 5.81. The smallest absolute Gasteiger partial charge is 0.144 e. The van der Waals surface area contributed by atoms with Gasteiger partial charge in [0.15, 0.2) is 0 Å². The lowest BCUT2D eigenvalue weighted by molar-refractivity contribution is 1.27. The molecule has 0 aromatic carbocycles. The second-order valence-corrected chi connectivity index (χ2v) is 2.85. The summed E-state index contributed by atoms with van der Waals surface area (Å²) in [6.45, 7) is 1.94. The molecule has 0 aliphatic heterocycles. The highest BCUT2D eigenvalue weighted by Crippen LogP contribution is 2.14. The van der Waals surface area contributed by atoms with Gasteiger partial charge in [-0.25, -0.2) is 4.98 Å². The van der Waals surface area contributed by atoms with E-state index in [0.29, 0.717) is 11.0 Å². The highest BCUT2D eigenvalue weighted by Gasteiger charge is 1.99. The van der Waals surface area contributed by atoms with Gasteiger partial charge in [-0.2, -0.15) is 0 Å². The van der Waals surface area contributed by atoms with Crippen LogP contribution in [0.4, 0.5) is 0 Å². The van der Waals surface area contributed by atoms with Crippen LogP contribution >= 0.6 is 23.2 Å². The zero-order valence-corrected chi connectivity index (χ0v) is 8.08. The molecule has 0 aliphatic carbocycles. The van der Waals surface area contributed by atoms with Gasteiger partial charge < -0.3 is 0 Å². The molecule has 62 valence electrons. The average molecular weight is 200 g/mol. The van der Waals surface area contributed by atoms with Crippen LogP contribution in [0.25, 0.3) is 0 Å². The number of pyridine rings is 1. The van der Waals surface area contributed by atoms with Crippen LogP contribution in [0.2, 0.25) is 5.15 Å². The zero-order valence-electron chi connectivity index (χ0n) is 6.56. The molecule has 0 unspecified atom stereocenters. The van der Waals surface area contributed by atoms with Crippen LogP contribution in [0, 0.1) is 18.8 Å². The summed E-state index contributed by atoms with van der Waals surface area (Å²) < 4.78 is 0. The number of alkyl halides is 1. The van der Waals surface area contributed by atoms with Gasteiger partial charge in [-0.1, -0.05) is 23.4 Å². The first-order valence-electron chi connectivity index (χ1n) is 3.41. The summed E-state index contributed by atoms with van der Waals surface area (Å²) in [6.07, 6.45) is 1.66. The topological polar surface area (TPSA) is 12.9 Å². The zero-order chi connectivity index (χ0) is 8.97. The van der Waals surface area contributed by atoms with E-state index in [1.807, 2.05) is 13.0 Å². The van der Waals surface area contributed by atoms with Crippen molar-refractivity contribution in [3.05, 3.63) is 28.5 Å². The van der Waals surface area contributed by atoms with Crippen LogP contribution in [0.3, 0.4) is 0 Å². The van der Waals surface area contributed by atoms with E-state index < -0.39 is 0 Å². The van der Waals surface area contributed by atoms with Crippen molar-refractivity contribution in [1.82, 2.24) is 4.98 Å². The van der Waals surface area contributed by atoms with E-state index in [-0.39, 0.29) is 0 Å². The van der Waals surface area contributed by atoms with Gasteiger partial charge in [-0.05, 0) is 18.6 Å². The van der Waals surface area contributed by atoms with Crippen molar-refractivity contribution >= 4 is 23.2 Å². The summed E-state index contributed by atoms with van der Waals surface area (Å²) in [5.41, 5.74) is 1.78. The number of aryl methyl sites for hydroxylation is 1. The van der Waals surface area contributed by atoms with Gasteiger partial charge in [0.05, 0.1) is 11.4 Å². The third kappa shape index (κ3) is 2.14. The lowest BCUT2D eigenvalue weighted by atomic mass is 10.2. The summed E-state index contributed by atoms with van der Waals surface area (Å²) in [6, 6.07) is 1.87. The highest BCUT2D eigenvalue weighted by molar-refractivity contribution is 6.30. The molecule has 0 N–H and O–H groups in total. The van der Waals surface area contributed by atoms with Gasteiger partial charge in [0.25, 0.3) is 0 Å². The maximum absolute atomic E-state index is 5.81. The molecule has 0 radical (unpaired) electrons. The van der Waals surface area contributed by atoms with E-state index in [9.17, 15) is 0 Å². The lowest BCUT2D eigenvalue weighted by Crippen LogP contribution is -1.86. The summed E-state index contributed by atoms with van der Waals surface area (Å²) in [7, 11) is 0. The van der Waals surface area contributed by atoms with Crippen LogP contribution < -0.4 is 0 Å². The van der Waals surface area contributed by atoms with Crippen LogP contribution in [0.5, 0.6) is 0 Å². The van der Waals surface area contributed by atoms with E-state index in [4.69, 9.17) is 23.2 Å². The summed E-state index contributed by atoms with van der Waals surface area (Å²) >= 11 is 11.2. The lowest BCUT2D eigenvalue weighted by Gasteiger charge is -1.97. The third-order valence-corrected chi connectivity index (χ3v) is 1.81. The fraction of sp³-hybridized carbons (Fsp3) is 0.222. The first-order chi connectivity index (χ1) is 5.75. The molecular weight excluding hydrogens is 193 g/mol. The van der Waals surface area contributed by atoms with Gasteiger partial charge in [-0.3, -0.25) is 0 Å². The average Bonchev–Trinajstić information content (AvgIpc) is 2.04. The highest BCUT2D eigenvalue weighted by atomic mass is 35.5. The molecule has 0 atom stereocenters. The second kappa shape index (κ2) is 4.35. The van der Waals surface area contributed by atoms with Gasteiger partial charge in [0.1, 0.15) is 5.15 Å². The number of rotatable bonds is 0. The van der Waals surface area contributed by atoms with E-state index in [1.165, 1.54) is 0 Å². The summed E-state index contributed by atoms with van der Waals surface area (Å²) in [4.78, 5) is 3.91. The molecule has 1 aromatic rings. The van der Waals surface area contributed by atoms with Gasteiger partial charge in [-0.15, -0.1) is 11.6 Å². The van der Waals surface area contributed by atoms with Crippen molar-refractivity contribution in [3.63, 3.8) is 0 Å². The van der Waals surface area contributed by atoms with Crippen LogP contribution in [0.1, 0.15) is 11.1 Å². The van der Waals surface area contributed by atoms with Crippen LogP contribution in [-0.2, 0) is 0 Å². The normalized spacial score (nSPS) is 8.92. The Morgan fingerprint density at radius 2 is 2.33 bits per heavy atom. The number of hydrogen-bond acceptors (Lipinski definition) is 1. The fourth-order valence-corrected chi connectivity index (χ4v) is 1.12. The molecule has 0 saturated heterocycles. The Hall–Kier alpha value is -0.710. The van der Waals surface area contributed by atoms with Crippen LogP contribution in [0.15, 0.2) is 12.3 Å². The molecule has 0 bridgehead atoms. The molecule has 3 heteroatoms. The third-order valence-electron chi connectivity index (χ3n) is 1.39. The molecular formula is C9H7Cl2N. The van der Waals surface area contributed by atoms with Crippen LogP contribution in [-0.4, -0.2) is 10.9 Å². The minimum atomic E-state index is 0.310. The predicted octanol–water partition coefficient (Wildman–Crippen LogP) is 2.63. The molecule has 1 rings (SSSR count). The summed E-state index contributed by atoms with van der Waals surface area (Å²) in [5.74, 6) is 5.90. The Bertz CT molecular complexity index is 316. The van der Waals surface area contributed by atoms with Crippen molar-refractivity contribution in [2.75, 3.05) is 5.88 Å². The predicted molar refractivity (Wildman–Crippen MR) is 51.6 cm³/mol. The first kappa shape index (κ1) is 9.38. The second-order valence-electron chi connectivity index (χ2n) is 2.23. The Morgan fingerprint density at radius 1 is 1.58 bits per heavy atom. The largest absolute Gasteiger partial charge is 0.243 e. The minimum Gasteiger partial charge on any atom is -0.243 e. The molecule has 1 heterocycles. The molecule has 1 nitrogen and oxygen atoms in total. The van der Waals surface area contributed by atoms with Crippen molar-refractivity contribution < 1.29 is 0 Å². The van der Waals surface area contributed by atoms with E-state index >= 15 is 0 Å². The number of hydrogen-bond donors (Lipinski definition) is 0. The monoisotopic (exact) mass is 199 g/mol. The van der Waals surface area contributed by atoms with E-state index in [0.717, 1.165) is 11.1 Å². The van der Waals surface area contributed by atoms with Crippen molar-refractivity contribution in [3.8, 4) is 11.8 Å². The molecule has 0 amide bonds. The maximum Gasteiger partial charge on any atom is 0.144 e.